The van der Waals surface area contributed by atoms with Crippen LogP contribution in [0.15, 0.2) is 64.9 Å². The number of carbonyl (C=O) groups excluding carboxylic acids is 1. The normalized spacial score (nSPS) is 19.0. The Bertz CT molecular complexity index is 1350. The Morgan fingerprint density at radius 2 is 1.90 bits per heavy atom. The third-order valence-corrected chi connectivity index (χ3v) is 6.36. The van der Waals surface area contributed by atoms with E-state index in [-0.39, 0.29) is 16.9 Å². The van der Waals surface area contributed by atoms with Gasteiger partial charge in [0, 0.05) is 42.7 Å². The number of halogens is 5. The molecule has 1 aliphatic rings. The molecule has 4 atom stereocenters. The van der Waals surface area contributed by atoms with Crippen molar-refractivity contribution in [1.29, 1.82) is 5.41 Å². The lowest BCUT2D eigenvalue weighted by atomic mass is 9.82. The number of hydrogen-bond acceptors (Lipinski definition) is 5. The smallest absolute Gasteiger partial charge is 0.471 e. The molecule has 3 rings (SSSR count). The van der Waals surface area contributed by atoms with E-state index < -0.39 is 48.1 Å². The minimum absolute atomic E-state index is 0.0347. The minimum atomic E-state index is -5.18. The molecule has 1 aliphatic carbocycles. The fourth-order valence-electron chi connectivity index (χ4n) is 4.15. The average molecular weight is 553 g/mol. The molecular weight excluding hydrogens is 523 g/mol. The third-order valence-electron chi connectivity index (χ3n) is 6.36. The van der Waals surface area contributed by atoms with Crippen molar-refractivity contribution in [3.05, 3.63) is 76.0 Å². The fourth-order valence-corrected chi connectivity index (χ4v) is 4.15. The summed E-state index contributed by atoms with van der Waals surface area (Å²) in [5, 5.41) is 12.8. The Morgan fingerprint density at radius 3 is 2.49 bits per heavy atom. The van der Waals surface area contributed by atoms with Crippen LogP contribution in [0.5, 0.6) is 5.75 Å². The molecule has 2 unspecified atom stereocenters. The van der Waals surface area contributed by atoms with E-state index in [0.29, 0.717) is 16.9 Å². The first kappa shape index (κ1) is 29.6. The van der Waals surface area contributed by atoms with Crippen LogP contribution in [0.25, 0.3) is 0 Å². The molecule has 1 aromatic carbocycles. The summed E-state index contributed by atoms with van der Waals surface area (Å²) in [5.74, 6) is -4.61. The van der Waals surface area contributed by atoms with Crippen LogP contribution < -0.4 is 20.9 Å². The number of allylic oxidation sites excluding steroid dienone is 3. The lowest BCUT2D eigenvalue weighted by molar-refractivity contribution is -0.175. The van der Waals surface area contributed by atoms with Gasteiger partial charge in [-0.05, 0) is 47.9 Å². The van der Waals surface area contributed by atoms with Gasteiger partial charge in [-0.1, -0.05) is 20.8 Å². The zero-order valence-electron chi connectivity index (χ0n) is 21.6. The third kappa shape index (κ3) is 7.12. The van der Waals surface area contributed by atoms with Gasteiger partial charge in [-0.3, -0.25) is 9.59 Å². The van der Waals surface area contributed by atoms with Crippen molar-refractivity contribution in [1.82, 2.24) is 9.88 Å². The number of alkyl halides is 4. The number of nitrogens with one attached hydrogen (secondary N) is 3. The Labute approximate surface area is 221 Å². The number of benzene rings is 1. The second kappa shape index (κ2) is 11.8. The summed E-state index contributed by atoms with van der Waals surface area (Å²) in [6.07, 6.45) is -3.97. The number of rotatable bonds is 9. The van der Waals surface area contributed by atoms with Gasteiger partial charge in [-0.25, -0.2) is 8.78 Å². The molecule has 39 heavy (non-hydrogen) atoms. The van der Waals surface area contributed by atoms with Crippen molar-refractivity contribution in [2.24, 2.45) is 18.9 Å². The van der Waals surface area contributed by atoms with Gasteiger partial charge >= 0.3 is 12.1 Å². The number of nitrogens with zero attached hydrogens (tertiary/aromatic N) is 1. The minimum Gasteiger partial charge on any atom is -0.484 e. The molecule has 0 radical (unpaired) electrons. The number of aryl methyl sites for hydroxylation is 1. The largest absolute Gasteiger partial charge is 0.484 e. The van der Waals surface area contributed by atoms with E-state index in [4.69, 9.17) is 10.1 Å². The zero-order chi connectivity index (χ0) is 29.1. The van der Waals surface area contributed by atoms with Crippen molar-refractivity contribution >= 4 is 23.5 Å². The summed E-state index contributed by atoms with van der Waals surface area (Å²) < 4.78 is 75.7. The molecule has 0 fully saturated rings. The monoisotopic (exact) mass is 552 g/mol. The molecule has 1 aromatic heterocycles. The van der Waals surface area contributed by atoms with Crippen LogP contribution >= 0.6 is 0 Å². The van der Waals surface area contributed by atoms with Gasteiger partial charge in [0.25, 0.3) is 0 Å². The molecular formula is C27H29F5N4O3. The first-order chi connectivity index (χ1) is 18.2. The molecule has 1 amide bonds. The second-order valence-electron chi connectivity index (χ2n) is 9.59. The summed E-state index contributed by atoms with van der Waals surface area (Å²) in [4.78, 5) is 23.5. The molecule has 0 bridgehead atoms. The molecule has 12 heteroatoms. The van der Waals surface area contributed by atoms with Crippen molar-refractivity contribution in [3.63, 3.8) is 0 Å². The number of hydrogen-bond donors (Lipinski definition) is 3. The first-order valence-electron chi connectivity index (χ1n) is 12.1. The predicted molar refractivity (Wildman–Crippen MR) is 138 cm³/mol. The van der Waals surface area contributed by atoms with Crippen LogP contribution in [-0.4, -0.2) is 41.2 Å². The highest BCUT2D eigenvalue weighted by Crippen LogP contribution is 2.35. The Hall–Kier alpha value is -3.96. The molecule has 210 valence electrons. The van der Waals surface area contributed by atoms with E-state index in [2.05, 4.69) is 5.32 Å². The quantitative estimate of drug-likeness (QED) is 0.289. The van der Waals surface area contributed by atoms with Crippen molar-refractivity contribution in [2.75, 3.05) is 5.32 Å². The molecule has 2 aromatic rings. The molecule has 0 spiro atoms. The van der Waals surface area contributed by atoms with Crippen LogP contribution in [0.3, 0.4) is 0 Å². The highest BCUT2D eigenvalue weighted by Gasteiger charge is 2.44. The topological polar surface area (TPSA) is 96.2 Å². The maximum absolute atomic E-state index is 14.6. The fraction of sp³-hybridized carbons (Fsp3) is 0.370. The van der Waals surface area contributed by atoms with Crippen molar-refractivity contribution in [3.8, 4) is 5.75 Å². The summed E-state index contributed by atoms with van der Waals surface area (Å²) in [6, 6.07) is 6.06. The van der Waals surface area contributed by atoms with Crippen LogP contribution in [0.2, 0.25) is 0 Å². The second-order valence-corrected chi connectivity index (χ2v) is 9.59. The van der Waals surface area contributed by atoms with E-state index in [1.165, 1.54) is 29.7 Å². The molecule has 7 nitrogen and oxygen atoms in total. The van der Waals surface area contributed by atoms with E-state index in [0.717, 1.165) is 18.4 Å². The van der Waals surface area contributed by atoms with Gasteiger partial charge in [-0.2, -0.15) is 13.2 Å². The maximum atomic E-state index is 14.6. The standard InChI is InChI=1S/C27H29F5N4O3/c1-14(2)24(35-26(38)27(30,31)32)25(20-10-17(28)11-21(29)15(20)3)39-19-6-7-22(16(9-19)12-33)34-18-5-8-23(37)36(4)13-18/h5-15,21,24-25,33-34H,1-4H3,(H,35,38)/t15?,21?,24-,25+/m0/s1. The number of amides is 1. The van der Waals surface area contributed by atoms with Crippen LogP contribution in [-0.2, 0) is 11.8 Å². The van der Waals surface area contributed by atoms with Crippen LogP contribution in [0.1, 0.15) is 26.3 Å². The zero-order valence-corrected chi connectivity index (χ0v) is 21.6. The molecule has 0 saturated carbocycles. The number of pyridine rings is 1. The Kier molecular flexibility index (Phi) is 8.98. The SMILES string of the molecule is CC1C([C@@H](Oc2ccc(Nc3ccc(=O)n(C)c3)c(C=N)c2)[C@@H](NC(=O)C(F)(F)F)C(C)C)=CC(F)=CC1F. The average Bonchev–Trinajstić information content (AvgIpc) is 2.85. The highest BCUT2D eigenvalue weighted by molar-refractivity contribution is 5.88. The van der Waals surface area contributed by atoms with Crippen molar-refractivity contribution < 1.29 is 31.5 Å². The van der Waals surface area contributed by atoms with Gasteiger partial charge in [-0.15, -0.1) is 0 Å². The molecule has 0 aliphatic heterocycles. The maximum Gasteiger partial charge on any atom is 0.471 e. The van der Waals surface area contributed by atoms with E-state index in [1.807, 2.05) is 5.32 Å². The Balaban J connectivity index is 2.01. The van der Waals surface area contributed by atoms with Gasteiger partial charge in [0.05, 0.1) is 11.7 Å². The highest BCUT2D eigenvalue weighted by atomic mass is 19.4. The van der Waals surface area contributed by atoms with Crippen LogP contribution in [0.4, 0.5) is 33.3 Å². The summed E-state index contributed by atoms with van der Waals surface area (Å²) in [6.45, 7) is 4.55. The summed E-state index contributed by atoms with van der Waals surface area (Å²) in [7, 11) is 1.58. The molecule has 3 N–H and O–H groups in total. The lowest BCUT2D eigenvalue weighted by Gasteiger charge is -2.36. The van der Waals surface area contributed by atoms with E-state index in [1.54, 1.807) is 39.2 Å². The number of ether oxygens (including phenoxy) is 1. The molecule has 0 saturated heterocycles. The predicted octanol–water partition coefficient (Wildman–Crippen LogP) is 5.34. The number of anilines is 2. The Morgan fingerprint density at radius 1 is 1.21 bits per heavy atom. The van der Waals surface area contributed by atoms with Gasteiger partial charge in [0.2, 0.25) is 5.56 Å². The van der Waals surface area contributed by atoms with E-state index >= 15 is 0 Å². The summed E-state index contributed by atoms with van der Waals surface area (Å²) >= 11 is 0. The van der Waals surface area contributed by atoms with E-state index in [9.17, 15) is 31.5 Å². The van der Waals surface area contributed by atoms with Gasteiger partial charge in [0.15, 0.2) is 0 Å². The van der Waals surface area contributed by atoms with Gasteiger partial charge in [0.1, 0.15) is 23.9 Å². The number of aromatic nitrogens is 1. The lowest BCUT2D eigenvalue weighted by Crippen LogP contribution is -2.54. The first-order valence-corrected chi connectivity index (χ1v) is 12.1. The van der Waals surface area contributed by atoms with Gasteiger partial charge < -0.3 is 25.3 Å². The van der Waals surface area contributed by atoms with Crippen LogP contribution in [0, 0.1) is 17.2 Å². The molecule has 1 heterocycles. The number of carbonyl (C=O) groups is 1. The summed E-state index contributed by atoms with van der Waals surface area (Å²) in [5.41, 5.74) is 1.15. The van der Waals surface area contributed by atoms with Crippen molar-refractivity contribution in [2.45, 2.75) is 45.3 Å².